The van der Waals surface area contributed by atoms with E-state index in [1.54, 1.807) is 13.4 Å². The summed E-state index contributed by atoms with van der Waals surface area (Å²) in [6.45, 7) is 1.43. The summed E-state index contributed by atoms with van der Waals surface area (Å²) in [7, 11) is 1.74. The maximum absolute atomic E-state index is 5.35. The standard InChI is InChI=1S/C13H15BrO2/c1-15-10-13(6-8-16-9-7-13)11-2-4-12(14)5-3-11/h2-6,8H,7,9-10H2,1H3. The fourth-order valence-corrected chi connectivity index (χ4v) is 2.32. The van der Waals surface area contributed by atoms with Gasteiger partial charge in [0.2, 0.25) is 0 Å². The summed E-state index contributed by atoms with van der Waals surface area (Å²) >= 11 is 3.45. The molecule has 0 fully saturated rings. The van der Waals surface area contributed by atoms with E-state index in [4.69, 9.17) is 9.47 Å². The molecule has 1 atom stereocenters. The van der Waals surface area contributed by atoms with Crippen LogP contribution in [0.2, 0.25) is 0 Å². The Morgan fingerprint density at radius 3 is 2.69 bits per heavy atom. The fraction of sp³-hybridized carbons (Fsp3) is 0.385. The van der Waals surface area contributed by atoms with E-state index >= 15 is 0 Å². The highest BCUT2D eigenvalue weighted by Gasteiger charge is 2.31. The highest BCUT2D eigenvalue weighted by molar-refractivity contribution is 9.10. The lowest BCUT2D eigenvalue weighted by molar-refractivity contribution is 0.111. The number of methoxy groups -OCH3 is 1. The molecular weight excluding hydrogens is 268 g/mol. The van der Waals surface area contributed by atoms with E-state index in [1.807, 2.05) is 0 Å². The van der Waals surface area contributed by atoms with Gasteiger partial charge in [0.25, 0.3) is 0 Å². The van der Waals surface area contributed by atoms with Crippen LogP contribution in [0.5, 0.6) is 0 Å². The first-order valence-electron chi connectivity index (χ1n) is 5.31. The van der Waals surface area contributed by atoms with Crippen LogP contribution in [0.4, 0.5) is 0 Å². The largest absolute Gasteiger partial charge is 0.501 e. The molecule has 1 aliphatic rings. The van der Waals surface area contributed by atoms with Gasteiger partial charge in [-0.15, -0.1) is 0 Å². The predicted molar refractivity (Wildman–Crippen MR) is 67.4 cm³/mol. The van der Waals surface area contributed by atoms with Gasteiger partial charge in [0.05, 0.1) is 19.5 Å². The number of halogens is 1. The zero-order valence-electron chi connectivity index (χ0n) is 9.28. The molecule has 0 amide bonds. The Morgan fingerprint density at radius 2 is 2.12 bits per heavy atom. The number of ether oxygens (including phenoxy) is 2. The molecule has 0 radical (unpaired) electrons. The van der Waals surface area contributed by atoms with Crippen LogP contribution in [0.15, 0.2) is 41.1 Å². The van der Waals surface area contributed by atoms with E-state index in [2.05, 4.69) is 46.3 Å². The Labute approximate surface area is 104 Å². The third-order valence-electron chi connectivity index (χ3n) is 2.97. The van der Waals surface area contributed by atoms with Crippen molar-refractivity contribution in [3.8, 4) is 0 Å². The molecule has 86 valence electrons. The summed E-state index contributed by atoms with van der Waals surface area (Å²) in [5.41, 5.74) is 1.24. The number of hydrogen-bond acceptors (Lipinski definition) is 2. The van der Waals surface area contributed by atoms with E-state index in [-0.39, 0.29) is 5.41 Å². The SMILES string of the molecule is COCC1(c2ccc(Br)cc2)C=COCC1. The van der Waals surface area contributed by atoms with Crippen LogP contribution in [0.25, 0.3) is 0 Å². The molecule has 1 aromatic rings. The first kappa shape index (κ1) is 11.7. The summed E-state index contributed by atoms with van der Waals surface area (Å²) in [6, 6.07) is 8.41. The summed E-state index contributed by atoms with van der Waals surface area (Å²) < 4.78 is 11.7. The molecule has 0 aromatic heterocycles. The van der Waals surface area contributed by atoms with Crippen molar-refractivity contribution >= 4 is 15.9 Å². The third-order valence-corrected chi connectivity index (χ3v) is 3.50. The molecule has 1 aromatic carbocycles. The lowest BCUT2D eigenvalue weighted by atomic mass is 9.78. The van der Waals surface area contributed by atoms with Crippen molar-refractivity contribution in [1.82, 2.24) is 0 Å². The molecule has 0 bridgehead atoms. The van der Waals surface area contributed by atoms with Gasteiger partial charge >= 0.3 is 0 Å². The van der Waals surface area contributed by atoms with Gasteiger partial charge in [0.15, 0.2) is 0 Å². The van der Waals surface area contributed by atoms with E-state index in [0.29, 0.717) is 6.61 Å². The Hall–Kier alpha value is -0.800. The number of hydrogen-bond donors (Lipinski definition) is 0. The second-order valence-corrected chi connectivity index (χ2v) is 4.94. The van der Waals surface area contributed by atoms with Crippen LogP contribution in [0, 0.1) is 0 Å². The summed E-state index contributed by atoms with van der Waals surface area (Å²) in [6.07, 6.45) is 4.84. The normalized spacial score (nSPS) is 24.1. The molecule has 0 N–H and O–H groups in total. The first-order valence-corrected chi connectivity index (χ1v) is 6.10. The van der Waals surface area contributed by atoms with Gasteiger partial charge < -0.3 is 9.47 Å². The van der Waals surface area contributed by atoms with Crippen molar-refractivity contribution in [2.24, 2.45) is 0 Å². The average Bonchev–Trinajstić information content (AvgIpc) is 2.31. The molecule has 1 aliphatic heterocycles. The topological polar surface area (TPSA) is 18.5 Å². The Kier molecular flexibility index (Phi) is 3.66. The van der Waals surface area contributed by atoms with Crippen LogP contribution < -0.4 is 0 Å². The Morgan fingerprint density at radius 1 is 1.38 bits per heavy atom. The van der Waals surface area contributed by atoms with Gasteiger partial charge in [-0.3, -0.25) is 0 Å². The molecule has 2 nitrogen and oxygen atoms in total. The van der Waals surface area contributed by atoms with E-state index in [1.165, 1.54) is 5.56 Å². The Bertz CT molecular complexity index is 372. The minimum absolute atomic E-state index is 0.0340. The molecule has 1 heterocycles. The van der Waals surface area contributed by atoms with Crippen LogP contribution in [0.3, 0.4) is 0 Å². The molecular formula is C13H15BrO2. The highest BCUT2D eigenvalue weighted by Crippen LogP contribution is 2.33. The van der Waals surface area contributed by atoms with Crippen molar-refractivity contribution in [2.45, 2.75) is 11.8 Å². The molecule has 2 rings (SSSR count). The van der Waals surface area contributed by atoms with Crippen LogP contribution in [0.1, 0.15) is 12.0 Å². The Balaban J connectivity index is 2.34. The van der Waals surface area contributed by atoms with Gasteiger partial charge in [-0.1, -0.05) is 28.1 Å². The summed E-state index contributed by atoms with van der Waals surface area (Å²) in [5.74, 6) is 0. The van der Waals surface area contributed by atoms with Gasteiger partial charge in [-0.05, 0) is 30.2 Å². The minimum Gasteiger partial charge on any atom is -0.501 e. The fourth-order valence-electron chi connectivity index (χ4n) is 2.05. The van der Waals surface area contributed by atoms with Gasteiger partial charge in [-0.25, -0.2) is 0 Å². The monoisotopic (exact) mass is 282 g/mol. The molecule has 0 saturated heterocycles. The van der Waals surface area contributed by atoms with Crippen LogP contribution in [-0.2, 0) is 14.9 Å². The molecule has 1 unspecified atom stereocenters. The van der Waals surface area contributed by atoms with Crippen molar-refractivity contribution in [3.05, 3.63) is 46.6 Å². The van der Waals surface area contributed by atoms with Gasteiger partial charge in [0, 0.05) is 17.0 Å². The van der Waals surface area contributed by atoms with Crippen molar-refractivity contribution in [1.29, 1.82) is 0 Å². The second-order valence-electron chi connectivity index (χ2n) is 4.02. The maximum atomic E-state index is 5.35. The lowest BCUT2D eigenvalue weighted by Gasteiger charge is -2.32. The van der Waals surface area contributed by atoms with E-state index < -0.39 is 0 Å². The number of rotatable bonds is 3. The summed E-state index contributed by atoms with van der Waals surface area (Å²) in [5, 5.41) is 0. The predicted octanol–water partition coefficient (Wildman–Crippen LogP) is 3.27. The van der Waals surface area contributed by atoms with Crippen LogP contribution in [-0.4, -0.2) is 20.3 Å². The zero-order chi connectivity index (χ0) is 11.4. The smallest absolute Gasteiger partial charge is 0.0885 e. The maximum Gasteiger partial charge on any atom is 0.0885 e. The van der Waals surface area contributed by atoms with Crippen molar-refractivity contribution in [3.63, 3.8) is 0 Å². The van der Waals surface area contributed by atoms with Gasteiger partial charge in [-0.2, -0.15) is 0 Å². The summed E-state index contributed by atoms with van der Waals surface area (Å²) in [4.78, 5) is 0. The molecule has 16 heavy (non-hydrogen) atoms. The second kappa shape index (κ2) is 5.02. The van der Waals surface area contributed by atoms with E-state index in [9.17, 15) is 0 Å². The lowest BCUT2D eigenvalue weighted by Crippen LogP contribution is -2.32. The third kappa shape index (κ3) is 2.30. The zero-order valence-corrected chi connectivity index (χ0v) is 10.9. The highest BCUT2D eigenvalue weighted by atomic mass is 79.9. The molecule has 0 saturated carbocycles. The van der Waals surface area contributed by atoms with Crippen molar-refractivity contribution < 1.29 is 9.47 Å². The first-order chi connectivity index (χ1) is 7.77. The quantitative estimate of drug-likeness (QED) is 0.847. The molecule has 3 heteroatoms. The number of benzene rings is 1. The van der Waals surface area contributed by atoms with Crippen molar-refractivity contribution in [2.75, 3.05) is 20.3 Å². The average molecular weight is 283 g/mol. The van der Waals surface area contributed by atoms with Crippen LogP contribution >= 0.6 is 15.9 Å². The van der Waals surface area contributed by atoms with Gasteiger partial charge in [0.1, 0.15) is 0 Å². The van der Waals surface area contributed by atoms with E-state index in [0.717, 1.165) is 17.5 Å². The molecule has 0 aliphatic carbocycles. The minimum atomic E-state index is -0.0340. The molecule has 0 spiro atoms.